The number of fused-ring (bicyclic) bond motifs is 14. The molecule has 6 fully saturated rings. The molecule has 110 heavy (non-hydrogen) atoms. The molecule has 4 unspecified atom stereocenters. The maximum atomic E-state index is 13.7. The van der Waals surface area contributed by atoms with Crippen LogP contribution in [0.4, 0.5) is 9.59 Å². The zero-order chi connectivity index (χ0) is 76.4. The minimum Gasteiger partial charge on any atom is -0.870 e. The van der Waals surface area contributed by atoms with Gasteiger partial charge < -0.3 is 58.7 Å². The van der Waals surface area contributed by atoms with Gasteiger partial charge in [-0.3, -0.25) is 29.0 Å². The van der Waals surface area contributed by atoms with Crippen LogP contribution in [-0.2, 0) is 57.3 Å². The van der Waals surface area contributed by atoms with Crippen LogP contribution in [0, 0.1) is 10.8 Å². The topological polar surface area (TPSA) is 352 Å². The Hall–Kier alpha value is -7.76. The van der Waals surface area contributed by atoms with Gasteiger partial charge in [0.15, 0.2) is 0 Å². The van der Waals surface area contributed by atoms with E-state index in [1.807, 2.05) is 84.0 Å². The van der Waals surface area contributed by atoms with E-state index in [0.717, 1.165) is 121 Å². The van der Waals surface area contributed by atoms with Crippen LogP contribution in [0.2, 0.25) is 0 Å². The van der Waals surface area contributed by atoms with E-state index in [1.165, 1.54) is 45.2 Å². The molecule has 594 valence electrons. The molecule has 8 aliphatic rings. The Balaban J connectivity index is 0.000000228. The fraction of sp³-hybridized carbons (Fsp3) is 0.570. The zero-order valence-corrected chi connectivity index (χ0v) is 67.2. The predicted molar refractivity (Wildman–Crippen MR) is 411 cm³/mol. The molecule has 0 radical (unpaired) electrons. The zero-order valence-electron chi connectivity index (χ0n) is 65.5. The number of carbonyl (C=O) groups is 6. The molecule has 6 aromatic rings. The number of hydrogen-bond acceptors (Lipinski definition) is 18. The molecule has 31 heteroatoms. The van der Waals surface area contributed by atoms with E-state index in [-0.39, 0.29) is 96.5 Å². The number of rotatable bonds is 18. The smallest absolute Gasteiger partial charge is 0.870 e. The van der Waals surface area contributed by atoms with Crippen LogP contribution in [-0.4, -0.2) is 231 Å². The summed E-state index contributed by atoms with van der Waals surface area (Å²) in [5.41, 5.74) is 7.57. The van der Waals surface area contributed by atoms with Gasteiger partial charge in [0.05, 0.1) is 43.5 Å². The number of benzene rings is 4. The van der Waals surface area contributed by atoms with Crippen LogP contribution < -0.4 is 37.8 Å². The first-order chi connectivity index (χ1) is 50.8. The third kappa shape index (κ3) is 17.1. The number of carbonyl (C=O) groups excluding carboxylic acids is 5. The van der Waals surface area contributed by atoms with E-state index >= 15 is 0 Å². The fourth-order valence-corrected chi connectivity index (χ4v) is 19.0. The number of carboxylic acid groups (broad SMARTS) is 1. The van der Waals surface area contributed by atoms with Crippen molar-refractivity contribution in [2.75, 3.05) is 114 Å². The first kappa shape index (κ1) is 84.7. The maximum Gasteiger partial charge on any atom is 1.00 e. The van der Waals surface area contributed by atoms with Crippen LogP contribution in [0.5, 0.6) is 11.5 Å². The van der Waals surface area contributed by atoms with Gasteiger partial charge >= 0.3 is 63.4 Å². The van der Waals surface area contributed by atoms with E-state index in [4.69, 9.17) is 23.7 Å². The van der Waals surface area contributed by atoms with E-state index in [9.17, 15) is 50.7 Å². The van der Waals surface area contributed by atoms with E-state index in [1.54, 1.807) is 48.3 Å². The molecule has 28 nitrogen and oxygen atoms in total. The molecule has 2 saturated heterocycles. The average Bonchev–Trinajstić information content (AvgIpc) is 1.53. The number of nitrogens with one attached hydrogen (secondary N) is 2. The van der Waals surface area contributed by atoms with Crippen molar-refractivity contribution < 1.29 is 104 Å². The molecule has 14 rings (SSSR count). The number of aromatic nitrogens is 2. The minimum absolute atomic E-state index is 0. The number of piperazine rings is 2. The largest absolute Gasteiger partial charge is 1.00 e. The van der Waals surface area contributed by atoms with Crippen molar-refractivity contribution in [2.24, 2.45) is 10.8 Å². The van der Waals surface area contributed by atoms with Gasteiger partial charge in [0.25, 0.3) is 11.8 Å². The van der Waals surface area contributed by atoms with Crippen LogP contribution in [0.3, 0.4) is 0 Å². The van der Waals surface area contributed by atoms with Gasteiger partial charge in [0.2, 0.25) is 0 Å². The van der Waals surface area contributed by atoms with E-state index in [0.29, 0.717) is 96.5 Å². The summed E-state index contributed by atoms with van der Waals surface area (Å²) in [4.78, 5) is 86.2. The number of hydrogen-bond donors (Lipinski definition) is 3. The van der Waals surface area contributed by atoms with Crippen molar-refractivity contribution in [1.29, 1.82) is 0 Å². The summed E-state index contributed by atoms with van der Waals surface area (Å²) in [7, 11) is -0.789. The molecule has 4 aliphatic carbocycles. The average molecular weight is 1560 g/mol. The molecular weight excluding hydrogens is 1450 g/mol. The summed E-state index contributed by atoms with van der Waals surface area (Å²) in [6.07, 6.45) is 11.5. The number of likely N-dealkylation sites (N-methyl/N-ethyl adjacent to an activating group) is 2. The molecule has 4 amide bonds. The number of ether oxygens (including phenoxy) is 5. The second-order valence-corrected chi connectivity index (χ2v) is 36.0. The standard InChI is InChI=1S/C40H53N5O8S.C39H51N5O8S.Li.2H2O/c1-39(2,3)53-38(48)44-20-18-43(19-21-44)17-16-42(4)54(49,50)41-36(46)27-12-14-30-33(22-27)45-25-40(37(47)52-6)24-32(40)31-23-28(51-5)13-15-29(31)35(45)34(30)26-10-8-7-9-11-26;1-38(2,3)52-37(48)43-19-17-42(18-20-43)16-15-41(4)53(49,50)40-35(45)26-11-13-29-32(21-26)44-24-39(36(46)47)23-31(39)30-22-27(51-5)12-14-28(30)34(44)33(29)25-9-7-6-8-10-25;;;/h12-15,22-23,26,32H,7-11,16-21,24-25H2,1-6H3,(H,41,46);11-14,21-22,25,31H,6-10,15-20,23-24H2,1-5H3,(H,40,45)(H,46,47);;2*1H2/q;;+1;;/p-1. The second-order valence-electron chi connectivity index (χ2n) is 32.5. The van der Waals surface area contributed by atoms with Gasteiger partial charge in [0, 0.05) is 162 Å². The Kier molecular flexibility index (Phi) is 25.5. The van der Waals surface area contributed by atoms with Crippen molar-refractivity contribution in [2.45, 2.75) is 167 Å². The molecular formula is C79H107LiN10O18S2. The number of nitrogens with zero attached hydrogens (tertiary/aromatic N) is 8. The number of aliphatic carboxylic acids is 1. The van der Waals surface area contributed by atoms with Crippen LogP contribution in [0.1, 0.15) is 185 Å². The van der Waals surface area contributed by atoms with Gasteiger partial charge in [-0.1, -0.05) is 50.7 Å². The summed E-state index contributed by atoms with van der Waals surface area (Å²) >= 11 is 0. The molecule has 6 N–H and O–H groups in total. The first-order valence-electron chi connectivity index (χ1n) is 37.8. The van der Waals surface area contributed by atoms with Crippen LogP contribution in [0.25, 0.3) is 44.3 Å². The first-order valence-corrected chi connectivity index (χ1v) is 40.6. The van der Waals surface area contributed by atoms with Crippen molar-refractivity contribution in [3.05, 3.63) is 106 Å². The predicted octanol–water partition coefficient (Wildman–Crippen LogP) is 6.88. The van der Waals surface area contributed by atoms with Crippen LogP contribution >= 0.6 is 0 Å². The Morgan fingerprint density at radius 3 is 1.27 bits per heavy atom. The van der Waals surface area contributed by atoms with Crippen LogP contribution in [0.15, 0.2) is 72.8 Å². The number of esters is 1. The maximum absolute atomic E-state index is 13.7. The van der Waals surface area contributed by atoms with Gasteiger partial charge in [-0.25, -0.2) is 19.0 Å². The SMILES string of the molecule is COC(=O)C12CC1c1cc(OC)ccc1-c1c(C3CCCCC3)c3ccc(C(=O)NS(=O)(=O)N(C)CCN4CCN(C(=O)OC(C)(C)C)CC4)cc3n1C2.COc1ccc2c(c1)C1CC1(C(=O)O)Cn1c-2c(C2CCCCC2)c2ccc(C(=O)NS(=O)(=O)N(C)CCN3CCN(C(=O)OC(C)(C)C)CC3)cc21.O.[Li+].[OH-]. The van der Waals surface area contributed by atoms with Gasteiger partial charge in [0.1, 0.15) is 22.7 Å². The summed E-state index contributed by atoms with van der Waals surface area (Å²) in [6, 6.07) is 22.8. The van der Waals surface area contributed by atoms with E-state index in [2.05, 4.69) is 34.4 Å². The molecule has 2 aromatic heterocycles. The van der Waals surface area contributed by atoms with Gasteiger partial charge in [-0.15, -0.1) is 0 Å². The summed E-state index contributed by atoms with van der Waals surface area (Å²) < 4.78 is 92.3. The Morgan fingerprint density at radius 2 is 0.909 bits per heavy atom. The number of carboxylic acids is 1. The number of methoxy groups -OCH3 is 3. The molecule has 4 saturated carbocycles. The van der Waals surface area contributed by atoms with Crippen molar-refractivity contribution in [3.8, 4) is 34.0 Å². The minimum atomic E-state index is -4.18. The molecule has 4 atom stereocenters. The van der Waals surface area contributed by atoms with Crippen molar-refractivity contribution in [3.63, 3.8) is 0 Å². The van der Waals surface area contributed by atoms with Gasteiger partial charge in [-0.2, -0.15) is 25.4 Å². The fourth-order valence-electron chi connectivity index (χ4n) is 17.3. The molecule has 6 heterocycles. The second kappa shape index (κ2) is 33.1. The van der Waals surface area contributed by atoms with E-state index < -0.39 is 60.2 Å². The monoisotopic (exact) mass is 1550 g/mol. The third-order valence-corrected chi connectivity index (χ3v) is 26.3. The third-order valence-electron chi connectivity index (χ3n) is 23.4. The Morgan fingerprint density at radius 1 is 0.536 bits per heavy atom. The molecule has 0 bridgehead atoms. The Bertz CT molecular complexity index is 4700. The summed E-state index contributed by atoms with van der Waals surface area (Å²) in [5.74, 6) is -0.789. The quantitative estimate of drug-likeness (QED) is 0.0448. The normalized spacial score (nSPS) is 21.4. The molecule has 4 aromatic carbocycles. The van der Waals surface area contributed by atoms with Gasteiger partial charge in [-0.05, 0) is 175 Å². The molecule has 4 aliphatic heterocycles. The van der Waals surface area contributed by atoms with Crippen molar-refractivity contribution in [1.82, 2.24) is 46.8 Å². The van der Waals surface area contributed by atoms with Crippen molar-refractivity contribution >= 4 is 78.2 Å². The summed E-state index contributed by atoms with van der Waals surface area (Å²) in [6.45, 7) is 17.0. The Labute approximate surface area is 656 Å². The number of amides is 4. The summed E-state index contributed by atoms with van der Waals surface area (Å²) in [5, 5.41) is 12.6. The molecule has 0 spiro atoms.